The molecule has 4 rings (SSSR count). The highest BCUT2D eigenvalue weighted by atomic mass is 19.1. The van der Waals surface area contributed by atoms with Gasteiger partial charge in [-0.2, -0.15) is 5.10 Å². The van der Waals surface area contributed by atoms with Crippen molar-refractivity contribution in [1.82, 2.24) is 15.1 Å². The van der Waals surface area contributed by atoms with Crippen molar-refractivity contribution < 1.29 is 9.18 Å². The molecule has 5 heteroatoms. The molecule has 0 spiro atoms. The summed E-state index contributed by atoms with van der Waals surface area (Å²) in [5.74, 6) is -0.395. The Morgan fingerprint density at radius 3 is 2.57 bits per heavy atom. The van der Waals surface area contributed by atoms with Crippen LogP contribution in [0.4, 0.5) is 4.39 Å². The van der Waals surface area contributed by atoms with Gasteiger partial charge in [-0.25, -0.2) is 4.39 Å². The van der Waals surface area contributed by atoms with Gasteiger partial charge in [0, 0.05) is 10.9 Å². The molecule has 0 fully saturated rings. The number of carbonyl (C=O) groups excluding carboxylic acids is 1. The van der Waals surface area contributed by atoms with E-state index in [-0.39, 0.29) is 17.8 Å². The zero-order valence-corrected chi connectivity index (χ0v) is 15.5. The molecule has 1 N–H and O–H groups in total. The summed E-state index contributed by atoms with van der Waals surface area (Å²) in [6.07, 6.45) is 1.77. The molecule has 0 aliphatic rings. The van der Waals surface area contributed by atoms with E-state index >= 15 is 0 Å². The Morgan fingerprint density at radius 1 is 1.07 bits per heavy atom. The van der Waals surface area contributed by atoms with E-state index in [4.69, 9.17) is 0 Å². The average molecular weight is 373 g/mol. The van der Waals surface area contributed by atoms with Crippen LogP contribution in [0.2, 0.25) is 0 Å². The van der Waals surface area contributed by atoms with Gasteiger partial charge in [0.25, 0.3) is 5.91 Å². The number of halogens is 1. The minimum absolute atomic E-state index is 0.0893. The lowest BCUT2D eigenvalue weighted by Gasteiger charge is -2.14. The molecular weight excluding hydrogens is 353 g/mol. The van der Waals surface area contributed by atoms with E-state index in [0.29, 0.717) is 12.1 Å². The highest BCUT2D eigenvalue weighted by molar-refractivity contribution is 5.98. The molecule has 1 heterocycles. The molecule has 0 saturated heterocycles. The van der Waals surface area contributed by atoms with Crippen molar-refractivity contribution in [1.29, 1.82) is 0 Å². The first-order valence-electron chi connectivity index (χ1n) is 9.16. The molecular formula is C23H20FN3O. The summed E-state index contributed by atoms with van der Waals surface area (Å²) in [7, 11) is 0. The van der Waals surface area contributed by atoms with E-state index < -0.39 is 0 Å². The lowest BCUT2D eigenvalue weighted by Crippen LogP contribution is -2.26. The highest BCUT2D eigenvalue weighted by Crippen LogP contribution is 2.19. The molecule has 0 radical (unpaired) electrons. The monoisotopic (exact) mass is 373 g/mol. The van der Waals surface area contributed by atoms with E-state index in [2.05, 4.69) is 10.4 Å². The van der Waals surface area contributed by atoms with Crippen LogP contribution in [-0.4, -0.2) is 15.7 Å². The van der Waals surface area contributed by atoms with Crippen molar-refractivity contribution in [3.63, 3.8) is 0 Å². The molecule has 140 valence electrons. The summed E-state index contributed by atoms with van der Waals surface area (Å²) in [5, 5.41) is 8.40. The van der Waals surface area contributed by atoms with Crippen LogP contribution in [0.1, 0.15) is 34.5 Å². The predicted molar refractivity (Wildman–Crippen MR) is 108 cm³/mol. The van der Waals surface area contributed by atoms with Crippen LogP contribution in [0.5, 0.6) is 0 Å². The molecule has 1 amide bonds. The zero-order chi connectivity index (χ0) is 19.5. The van der Waals surface area contributed by atoms with Crippen LogP contribution in [0.15, 0.2) is 79.0 Å². The molecule has 0 bridgehead atoms. The molecule has 3 aromatic carbocycles. The van der Waals surface area contributed by atoms with Crippen molar-refractivity contribution in [2.75, 3.05) is 0 Å². The highest BCUT2D eigenvalue weighted by Gasteiger charge is 2.13. The van der Waals surface area contributed by atoms with Crippen molar-refractivity contribution in [3.05, 3.63) is 102 Å². The quantitative estimate of drug-likeness (QED) is 0.550. The fourth-order valence-corrected chi connectivity index (χ4v) is 3.21. The van der Waals surface area contributed by atoms with E-state index in [1.165, 1.54) is 12.1 Å². The molecule has 4 aromatic rings. The van der Waals surface area contributed by atoms with Crippen molar-refractivity contribution >= 4 is 16.8 Å². The molecule has 1 atom stereocenters. The number of rotatable bonds is 5. The summed E-state index contributed by atoms with van der Waals surface area (Å²) in [6, 6.07) is 21.7. The third-order valence-corrected chi connectivity index (χ3v) is 4.80. The smallest absolute Gasteiger partial charge is 0.251 e. The molecule has 4 nitrogen and oxygen atoms in total. The summed E-state index contributed by atoms with van der Waals surface area (Å²) < 4.78 is 14.9. The Bertz CT molecular complexity index is 1100. The number of aromatic nitrogens is 2. The van der Waals surface area contributed by atoms with Gasteiger partial charge in [-0.05, 0) is 42.3 Å². The fraction of sp³-hybridized carbons (Fsp3) is 0.130. The number of hydrogen-bond acceptors (Lipinski definition) is 2. The summed E-state index contributed by atoms with van der Waals surface area (Å²) in [6.45, 7) is 2.47. The third kappa shape index (κ3) is 3.78. The minimum atomic E-state index is -0.263. The van der Waals surface area contributed by atoms with Crippen LogP contribution >= 0.6 is 0 Å². The first-order valence-corrected chi connectivity index (χ1v) is 9.16. The second-order valence-corrected chi connectivity index (χ2v) is 6.81. The Morgan fingerprint density at radius 2 is 1.82 bits per heavy atom. The maximum Gasteiger partial charge on any atom is 0.251 e. The number of nitrogens with one attached hydrogen (secondary N) is 1. The van der Waals surface area contributed by atoms with Gasteiger partial charge in [-0.1, -0.05) is 48.5 Å². The normalized spacial score (nSPS) is 12.1. The van der Waals surface area contributed by atoms with Gasteiger partial charge in [0.15, 0.2) is 0 Å². The first kappa shape index (κ1) is 17.9. The largest absolute Gasteiger partial charge is 0.346 e. The van der Waals surface area contributed by atoms with Crippen LogP contribution in [0.3, 0.4) is 0 Å². The fourth-order valence-electron chi connectivity index (χ4n) is 3.21. The summed E-state index contributed by atoms with van der Waals surface area (Å²) in [4.78, 5) is 12.7. The zero-order valence-electron chi connectivity index (χ0n) is 15.5. The summed E-state index contributed by atoms with van der Waals surface area (Å²) in [5.41, 5.74) is 3.44. The second-order valence-electron chi connectivity index (χ2n) is 6.81. The van der Waals surface area contributed by atoms with Crippen LogP contribution < -0.4 is 5.32 Å². The van der Waals surface area contributed by atoms with Crippen molar-refractivity contribution in [2.45, 2.75) is 19.5 Å². The average Bonchev–Trinajstić information content (AvgIpc) is 3.12. The second kappa shape index (κ2) is 7.64. The van der Waals surface area contributed by atoms with Crippen LogP contribution in [0, 0.1) is 5.82 Å². The maximum absolute atomic E-state index is 13.1. The third-order valence-electron chi connectivity index (χ3n) is 4.80. The minimum Gasteiger partial charge on any atom is -0.346 e. The Hall–Kier alpha value is -3.47. The number of fused-ring (bicyclic) bond motifs is 1. The SMILES string of the molecule is C[C@@H](NC(=O)c1ccc2cnn(Cc3ccc(F)cc3)c2c1)c1ccccc1. The van der Waals surface area contributed by atoms with Crippen LogP contribution in [0.25, 0.3) is 10.9 Å². The Labute approximate surface area is 162 Å². The van der Waals surface area contributed by atoms with Gasteiger partial charge in [0.2, 0.25) is 0 Å². The molecule has 0 aliphatic carbocycles. The first-order chi connectivity index (χ1) is 13.6. The Kier molecular flexibility index (Phi) is 4.89. The number of benzene rings is 3. The van der Waals surface area contributed by atoms with Gasteiger partial charge in [-0.3, -0.25) is 9.48 Å². The standard InChI is InChI=1S/C23H20FN3O/c1-16(18-5-3-2-4-6-18)26-23(28)19-9-10-20-14-25-27(22(20)13-19)15-17-7-11-21(24)12-8-17/h2-14,16H,15H2,1H3,(H,26,28)/t16-/m1/s1. The van der Waals surface area contributed by atoms with Gasteiger partial charge in [-0.15, -0.1) is 0 Å². The maximum atomic E-state index is 13.1. The van der Waals surface area contributed by atoms with E-state index in [9.17, 15) is 9.18 Å². The van der Waals surface area contributed by atoms with Gasteiger partial charge < -0.3 is 5.32 Å². The number of amides is 1. The number of nitrogens with zero attached hydrogens (tertiary/aromatic N) is 2. The number of carbonyl (C=O) groups is 1. The molecule has 0 aliphatic heterocycles. The lowest BCUT2D eigenvalue weighted by atomic mass is 10.1. The molecule has 1 aromatic heterocycles. The van der Waals surface area contributed by atoms with Crippen molar-refractivity contribution in [2.24, 2.45) is 0 Å². The molecule has 0 saturated carbocycles. The summed E-state index contributed by atoms with van der Waals surface area (Å²) >= 11 is 0. The molecule has 0 unspecified atom stereocenters. The Balaban J connectivity index is 1.56. The predicted octanol–water partition coefficient (Wildman–Crippen LogP) is 4.71. The molecule has 28 heavy (non-hydrogen) atoms. The van der Waals surface area contributed by atoms with Crippen molar-refractivity contribution in [3.8, 4) is 0 Å². The lowest BCUT2D eigenvalue weighted by molar-refractivity contribution is 0.0940. The number of hydrogen-bond donors (Lipinski definition) is 1. The van der Waals surface area contributed by atoms with E-state index in [1.54, 1.807) is 24.4 Å². The van der Waals surface area contributed by atoms with Gasteiger partial charge >= 0.3 is 0 Å². The topological polar surface area (TPSA) is 46.9 Å². The van der Waals surface area contributed by atoms with Gasteiger partial charge in [0.1, 0.15) is 5.82 Å². The van der Waals surface area contributed by atoms with E-state index in [0.717, 1.165) is 22.0 Å². The van der Waals surface area contributed by atoms with Gasteiger partial charge in [0.05, 0.1) is 24.3 Å². The van der Waals surface area contributed by atoms with E-state index in [1.807, 2.05) is 54.1 Å². The van der Waals surface area contributed by atoms with Crippen LogP contribution in [-0.2, 0) is 6.54 Å².